The van der Waals surface area contributed by atoms with Crippen molar-refractivity contribution in [2.75, 3.05) is 75.5 Å². The number of nitrogens with one attached hydrogen (secondary N) is 1. The van der Waals surface area contributed by atoms with Gasteiger partial charge in [0.2, 0.25) is 0 Å². The molecule has 61 heavy (non-hydrogen) atoms. The second-order valence-corrected chi connectivity index (χ2v) is 14.6. The molecule has 0 spiro atoms. The van der Waals surface area contributed by atoms with E-state index in [-0.39, 0.29) is 23.1 Å². The molecule has 9 rings (SSSR count). The third-order valence-electron chi connectivity index (χ3n) is 10.8. The van der Waals surface area contributed by atoms with Crippen LogP contribution in [-0.4, -0.2) is 96.7 Å². The van der Waals surface area contributed by atoms with Gasteiger partial charge < -0.3 is 39.8 Å². The number of hydrogen-bond donors (Lipinski definition) is 2. The van der Waals surface area contributed by atoms with E-state index in [9.17, 15) is 4.39 Å². The Balaban J connectivity index is 0.000000205. The molecule has 14 nitrogen and oxygen atoms in total. The minimum atomic E-state index is -0.717. The van der Waals surface area contributed by atoms with Gasteiger partial charge in [-0.05, 0) is 31.2 Å². The number of ether oxygens (including phenoxy) is 4. The Kier molecular flexibility index (Phi) is 11.8. The van der Waals surface area contributed by atoms with E-state index in [1.807, 2.05) is 43.3 Å². The van der Waals surface area contributed by atoms with Crippen LogP contribution in [0, 0.1) is 18.6 Å². The van der Waals surface area contributed by atoms with Crippen LogP contribution in [0.25, 0.3) is 44.5 Å². The van der Waals surface area contributed by atoms with Crippen LogP contribution in [0.5, 0.6) is 11.5 Å². The first-order chi connectivity index (χ1) is 29.7. The Labute approximate surface area is 351 Å². The number of halogens is 2. The minimum absolute atomic E-state index is 0.136. The van der Waals surface area contributed by atoms with E-state index in [0.717, 1.165) is 53.0 Å². The second-order valence-electron chi connectivity index (χ2n) is 14.6. The smallest absolute Gasteiger partial charge is 0.137 e. The summed E-state index contributed by atoms with van der Waals surface area (Å²) in [5.41, 5.74) is 13.1. The largest absolute Gasteiger partial charge is 0.495 e. The number of nitrogens with zero attached hydrogens (tertiary/aromatic N) is 8. The molecule has 0 bridgehead atoms. The van der Waals surface area contributed by atoms with Crippen LogP contribution in [-0.2, 0) is 9.47 Å². The normalized spacial score (nSPS) is 13.9. The third kappa shape index (κ3) is 8.53. The molecule has 3 N–H and O–H groups in total. The Bertz CT molecular complexity index is 2680. The number of nitrogen functional groups attached to an aromatic ring is 1. The lowest BCUT2D eigenvalue weighted by Crippen LogP contribution is -2.52. The van der Waals surface area contributed by atoms with Gasteiger partial charge in [-0.15, -0.1) is 0 Å². The molecule has 2 aliphatic heterocycles. The van der Waals surface area contributed by atoms with Crippen LogP contribution < -0.4 is 30.3 Å². The van der Waals surface area contributed by atoms with E-state index in [0.29, 0.717) is 58.6 Å². The minimum Gasteiger partial charge on any atom is -0.495 e. The molecule has 0 unspecified atom stereocenters. The summed E-state index contributed by atoms with van der Waals surface area (Å²) in [4.78, 5) is 30.9. The molecule has 0 atom stereocenters. The van der Waals surface area contributed by atoms with Gasteiger partial charge in [-0.1, -0.05) is 6.07 Å². The average molecular weight is 827 g/mol. The van der Waals surface area contributed by atoms with E-state index in [1.165, 1.54) is 6.07 Å². The second kappa shape index (κ2) is 17.7. The molecule has 0 saturated carbocycles. The Morgan fingerprint density at radius 1 is 0.705 bits per heavy atom. The molecule has 16 heteroatoms. The van der Waals surface area contributed by atoms with E-state index in [2.05, 4.69) is 40.0 Å². The summed E-state index contributed by atoms with van der Waals surface area (Å²) >= 11 is 0. The lowest BCUT2D eigenvalue weighted by atomic mass is 10.0. The van der Waals surface area contributed by atoms with Crippen molar-refractivity contribution in [1.82, 2.24) is 29.9 Å². The van der Waals surface area contributed by atoms with Crippen LogP contribution in [0.15, 0.2) is 98.0 Å². The fourth-order valence-electron chi connectivity index (χ4n) is 7.18. The van der Waals surface area contributed by atoms with Crippen molar-refractivity contribution in [3.63, 3.8) is 0 Å². The van der Waals surface area contributed by atoms with Crippen molar-refractivity contribution in [2.24, 2.45) is 0 Å². The van der Waals surface area contributed by atoms with Crippen LogP contribution >= 0.6 is 0 Å². The summed E-state index contributed by atoms with van der Waals surface area (Å²) in [5, 5.41) is 3.64. The van der Waals surface area contributed by atoms with Gasteiger partial charge in [0, 0.05) is 129 Å². The lowest BCUT2D eigenvalue weighted by molar-refractivity contribution is 0.0782. The molecule has 0 aliphatic carbocycles. The summed E-state index contributed by atoms with van der Waals surface area (Å²) in [6.07, 6.45) is 12.3. The first kappa shape index (κ1) is 40.7. The highest BCUT2D eigenvalue weighted by molar-refractivity contribution is 5.99. The molecule has 6 aromatic heterocycles. The zero-order valence-corrected chi connectivity index (χ0v) is 34.3. The summed E-state index contributed by atoms with van der Waals surface area (Å²) in [6.45, 7) is 4.96. The van der Waals surface area contributed by atoms with Crippen molar-refractivity contribution in [1.29, 1.82) is 0 Å². The standard InChI is InChI=1S/C30H26F2N6O2.C15H18N4O2/c1-17-29(24-6-4-5-7-34-24)37-26-10-19(31)9-23(32)28(26)30(17)36-25-11-27(38-15-21(16-38)40-3)35-14-22(25)18-8-20(39-2)13-33-12-18;1-20-11-3-10(5-17-6-11)13-7-18-15(4-14(13)16)19-8-12(9-19)21-2/h4-14,21H,15-16H2,1-3H3,(H,35,36,37);3-7,12H,8-9H2,1-2H3,(H2,16,18). The highest BCUT2D eigenvalue weighted by atomic mass is 19.1. The number of anilines is 5. The molecule has 2 aliphatic rings. The average Bonchev–Trinajstić information content (AvgIpc) is 3.24. The lowest BCUT2D eigenvalue weighted by Gasteiger charge is -2.39. The van der Waals surface area contributed by atoms with Gasteiger partial charge >= 0.3 is 0 Å². The molecule has 7 aromatic rings. The molecule has 1 aromatic carbocycles. The van der Waals surface area contributed by atoms with Crippen molar-refractivity contribution >= 4 is 39.6 Å². The van der Waals surface area contributed by atoms with E-state index >= 15 is 4.39 Å². The number of pyridine rings is 6. The topological polar surface area (TPSA) is 159 Å². The fourth-order valence-corrected chi connectivity index (χ4v) is 7.18. The summed E-state index contributed by atoms with van der Waals surface area (Å²) in [5.74, 6) is 1.47. The Hall–Kier alpha value is -7.04. The molecular formula is C45H44F2N10O4. The number of methoxy groups -OCH3 is 4. The Morgan fingerprint density at radius 2 is 1.31 bits per heavy atom. The summed E-state index contributed by atoms with van der Waals surface area (Å²) in [7, 11) is 6.60. The first-order valence-corrected chi connectivity index (χ1v) is 19.4. The van der Waals surface area contributed by atoms with Crippen LogP contribution in [0.3, 0.4) is 0 Å². The number of hydrogen-bond acceptors (Lipinski definition) is 14. The van der Waals surface area contributed by atoms with Crippen LogP contribution in [0.2, 0.25) is 0 Å². The molecular weight excluding hydrogens is 783 g/mol. The predicted octanol–water partition coefficient (Wildman–Crippen LogP) is 7.50. The van der Waals surface area contributed by atoms with Gasteiger partial charge in [-0.25, -0.2) is 23.7 Å². The SMILES string of the molecule is COc1cncc(-c2cnc(N3CC(OC)C3)cc2N)c1.COc1cncc(-c2cnc(N3CC(OC)C3)cc2Nc2c(C)c(-c3ccccn3)nc3cc(F)cc(F)c23)c1. The zero-order valence-electron chi connectivity index (χ0n) is 34.3. The highest BCUT2D eigenvalue weighted by Crippen LogP contribution is 2.40. The van der Waals surface area contributed by atoms with Crippen molar-refractivity contribution in [3.8, 4) is 45.1 Å². The first-order valence-electron chi connectivity index (χ1n) is 19.4. The Morgan fingerprint density at radius 3 is 1.89 bits per heavy atom. The third-order valence-corrected chi connectivity index (χ3v) is 10.8. The van der Waals surface area contributed by atoms with Gasteiger partial charge in [0.1, 0.15) is 34.8 Å². The van der Waals surface area contributed by atoms with Gasteiger partial charge in [0.05, 0.1) is 72.5 Å². The quantitative estimate of drug-likeness (QED) is 0.132. The fraction of sp³-hybridized carbons (Fsp3) is 0.244. The molecule has 2 saturated heterocycles. The van der Waals surface area contributed by atoms with Crippen molar-refractivity contribution < 1.29 is 27.7 Å². The predicted molar refractivity (Wildman–Crippen MR) is 231 cm³/mol. The van der Waals surface area contributed by atoms with Gasteiger partial charge in [0.25, 0.3) is 0 Å². The maximum Gasteiger partial charge on any atom is 0.137 e. The summed E-state index contributed by atoms with van der Waals surface area (Å²) < 4.78 is 51.0. The number of aromatic nitrogens is 6. The van der Waals surface area contributed by atoms with Gasteiger partial charge in [-0.2, -0.15) is 0 Å². The number of rotatable bonds is 11. The van der Waals surface area contributed by atoms with Crippen molar-refractivity contribution in [3.05, 3.63) is 115 Å². The van der Waals surface area contributed by atoms with E-state index in [4.69, 9.17) is 29.7 Å². The van der Waals surface area contributed by atoms with E-state index in [1.54, 1.807) is 77.9 Å². The van der Waals surface area contributed by atoms with Crippen LogP contribution in [0.1, 0.15) is 5.56 Å². The molecule has 312 valence electrons. The maximum absolute atomic E-state index is 15.4. The maximum atomic E-state index is 15.4. The number of nitrogens with two attached hydrogens (primary N) is 1. The molecule has 0 radical (unpaired) electrons. The zero-order chi connectivity index (χ0) is 42.6. The number of fused-ring (bicyclic) bond motifs is 1. The summed E-state index contributed by atoms with van der Waals surface area (Å²) in [6, 6.07) is 15.1. The monoisotopic (exact) mass is 826 g/mol. The molecule has 0 amide bonds. The van der Waals surface area contributed by atoms with Gasteiger partial charge in [0.15, 0.2) is 0 Å². The van der Waals surface area contributed by atoms with Gasteiger partial charge in [-0.3, -0.25) is 15.0 Å². The molecule has 2 fully saturated rings. The highest BCUT2D eigenvalue weighted by Gasteiger charge is 2.29. The molecule has 8 heterocycles. The number of benzene rings is 1. The van der Waals surface area contributed by atoms with Crippen LogP contribution in [0.4, 0.5) is 37.5 Å². The van der Waals surface area contributed by atoms with E-state index < -0.39 is 11.6 Å². The van der Waals surface area contributed by atoms with Crippen molar-refractivity contribution in [2.45, 2.75) is 19.1 Å².